The summed E-state index contributed by atoms with van der Waals surface area (Å²) in [7, 11) is 0. The summed E-state index contributed by atoms with van der Waals surface area (Å²) in [5, 5.41) is 3.53. The fourth-order valence-electron chi connectivity index (χ4n) is 3.45. The molecular formula is C21H24N4O2. The van der Waals surface area contributed by atoms with Crippen molar-refractivity contribution in [3.8, 4) is 0 Å². The Labute approximate surface area is 158 Å². The SMILES string of the molecule is Cc1cc(N[C@@H](C)c2ccccc2)c2nc(N3CCOCC3)cc(=O)n2c1. The summed E-state index contributed by atoms with van der Waals surface area (Å²) >= 11 is 0. The van der Waals surface area contributed by atoms with Crippen LogP contribution >= 0.6 is 0 Å². The van der Waals surface area contributed by atoms with Gasteiger partial charge in [-0.1, -0.05) is 30.3 Å². The fourth-order valence-corrected chi connectivity index (χ4v) is 3.45. The molecule has 0 unspecified atom stereocenters. The molecule has 1 fully saturated rings. The number of pyridine rings is 1. The maximum atomic E-state index is 12.7. The summed E-state index contributed by atoms with van der Waals surface area (Å²) in [6.07, 6.45) is 1.84. The molecule has 0 saturated carbocycles. The van der Waals surface area contributed by atoms with E-state index in [1.807, 2.05) is 37.4 Å². The molecule has 4 rings (SSSR count). The molecule has 0 bridgehead atoms. The summed E-state index contributed by atoms with van der Waals surface area (Å²) in [6, 6.07) is 14.0. The molecule has 0 radical (unpaired) electrons. The number of rotatable bonds is 4. The van der Waals surface area contributed by atoms with Crippen LogP contribution in [0.3, 0.4) is 0 Å². The van der Waals surface area contributed by atoms with E-state index >= 15 is 0 Å². The second-order valence-corrected chi connectivity index (χ2v) is 6.95. The lowest BCUT2D eigenvalue weighted by molar-refractivity contribution is 0.122. The first-order chi connectivity index (χ1) is 13.1. The van der Waals surface area contributed by atoms with Crippen LogP contribution < -0.4 is 15.8 Å². The number of anilines is 2. The molecular weight excluding hydrogens is 340 g/mol. The van der Waals surface area contributed by atoms with E-state index in [9.17, 15) is 4.79 Å². The Bertz CT molecular complexity index is 994. The van der Waals surface area contributed by atoms with E-state index in [0.717, 1.165) is 24.3 Å². The number of ether oxygens (including phenoxy) is 1. The van der Waals surface area contributed by atoms with Crippen LogP contribution in [0.5, 0.6) is 0 Å². The van der Waals surface area contributed by atoms with Crippen LogP contribution in [-0.4, -0.2) is 35.7 Å². The van der Waals surface area contributed by atoms with E-state index in [0.29, 0.717) is 24.7 Å². The molecule has 140 valence electrons. The van der Waals surface area contributed by atoms with Crippen LogP contribution in [0.1, 0.15) is 24.1 Å². The average Bonchev–Trinajstić information content (AvgIpc) is 2.70. The number of benzene rings is 1. The number of nitrogens with zero attached hydrogens (tertiary/aromatic N) is 3. The Balaban J connectivity index is 1.76. The van der Waals surface area contributed by atoms with E-state index in [-0.39, 0.29) is 11.6 Å². The highest BCUT2D eigenvalue weighted by molar-refractivity contribution is 5.70. The number of aromatic nitrogens is 2. The number of nitrogens with one attached hydrogen (secondary N) is 1. The lowest BCUT2D eigenvalue weighted by atomic mass is 10.1. The number of fused-ring (bicyclic) bond motifs is 1. The van der Waals surface area contributed by atoms with Crippen LogP contribution in [0.4, 0.5) is 11.5 Å². The lowest BCUT2D eigenvalue weighted by Gasteiger charge is -2.28. The highest BCUT2D eigenvalue weighted by atomic mass is 16.5. The van der Waals surface area contributed by atoms with Crippen LogP contribution in [0.25, 0.3) is 5.65 Å². The van der Waals surface area contributed by atoms with Gasteiger partial charge in [0.15, 0.2) is 5.65 Å². The molecule has 1 aliphatic heterocycles. The van der Waals surface area contributed by atoms with Gasteiger partial charge in [-0.05, 0) is 31.0 Å². The van der Waals surface area contributed by atoms with Crippen LogP contribution in [0.2, 0.25) is 0 Å². The zero-order valence-electron chi connectivity index (χ0n) is 15.7. The van der Waals surface area contributed by atoms with E-state index in [2.05, 4.69) is 29.3 Å². The van der Waals surface area contributed by atoms with Gasteiger partial charge in [0.1, 0.15) is 5.82 Å². The smallest absolute Gasteiger partial charge is 0.260 e. The van der Waals surface area contributed by atoms with Crippen molar-refractivity contribution in [1.29, 1.82) is 0 Å². The minimum Gasteiger partial charge on any atom is -0.378 e. The Morgan fingerprint density at radius 2 is 1.89 bits per heavy atom. The predicted molar refractivity (Wildman–Crippen MR) is 108 cm³/mol. The quantitative estimate of drug-likeness (QED) is 0.771. The van der Waals surface area contributed by atoms with Gasteiger partial charge in [0, 0.05) is 31.4 Å². The van der Waals surface area contributed by atoms with Crippen molar-refractivity contribution in [2.75, 3.05) is 36.5 Å². The summed E-state index contributed by atoms with van der Waals surface area (Å²) < 4.78 is 7.04. The van der Waals surface area contributed by atoms with Gasteiger partial charge in [0.2, 0.25) is 0 Å². The first kappa shape index (κ1) is 17.5. The molecule has 27 heavy (non-hydrogen) atoms. The molecule has 2 aromatic heterocycles. The molecule has 6 nitrogen and oxygen atoms in total. The standard InChI is InChI=1S/C21H24N4O2/c1-15-12-18(22-16(2)17-6-4-3-5-7-17)21-23-19(13-20(26)25(21)14-15)24-8-10-27-11-9-24/h3-7,12-14,16,22H,8-11H2,1-2H3/t16-/m0/s1. The number of aryl methyl sites for hydroxylation is 1. The van der Waals surface area contributed by atoms with Crippen LogP contribution in [0, 0.1) is 6.92 Å². The Hall–Kier alpha value is -2.86. The third-order valence-corrected chi connectivity index (χ3v) is 4.89. The van der Waals surface area contributed by atoms with Gasteiger partial charge < -0.3 is 15.0 Å². The molecule has 0 spiro atoms. The number of hydrogen-bond donors (Lipinski definition) is 1. The number of morpholine rings is 1. The molecule has 3 aromatic rings. The first-order valence-electron chi connectivity index (χ1n) is 9.30. The van der Waals surface area contributed by atoms with Crippen molar-refractivity contribution in [2.45, 2.75) is 19.9 Å². The Morgan fingerprint density at radius 3 is 2.63 bits per heavy atom. The van der Waals surface area contributed by atoms with Gasteiger partial charge in [0.25, 0.3) is 5.56 Å². The highest BCUT2D eigenvalue weighted by Gasteiger charge is 2.16. The van der Waals surface area contributed by atoms with Crippen molar-refractivity contribution in [1.82, 2.24) is 9.38 Å². The molecule has 1 aliphatic rings. The lowest BCUT2D eigenvalue weighted by Crippen LogP contribution is -2.37. The molecule has 0 amide bonds. The minimum absolute atomic E-state index is 0.0689. The van der Waals surface area contributed by atoms with Crippen LogP contribution in [-0.2, 0) is 4.74 Å². The minimum atomic E-state index is -0.0689. The van der Waals surface area contributed by atoms with Gasteiger partial charge in [-0.25, -0.2) is 4.98 Å². The zero-order chi connectivity index (χ0) is 18.8. The normalized spacial score (nSPS) is 15.7. The van der Waals surface area contributed by atoms with Gasteiger partial charge in [-0.3, -0.25) is 9.20 Å². The topological polar surface area (TPSA) is 58.9 Å². The molecule has 1 saturated heterocycles. The molecule has 1 aromatic carbocycles. The van der Waals surface area contributed by atoms with E-state index in [4.69, 9.17) is 9.72 Å². The third kappa shape index (κ3) is 3.66. The van der Waals surface area contributed by atoms with Crippen LogP contribution in [0.15, 0.2) is 53.5 Å². The third-order valence-electron chi connectivity index (χ3n) is 4.89. The Morgan fingerprint density at radius 1 is 1.15 bits per heavy atom. The van der Waals surface area contributed by atoms with Crippen molar-refractivity contribution in [3.05, 3.63) is 70.1 Å². The van der Waals surface area contributed by atoms with E-state index < -0.39 is 0 Å². The summed E-state index contributed by atoms with van der Waals surface area (Å²) in [5.74, 6) is 0.711. The number of hydrogen-bond acceptors (Lipinski definition) is 5. The summed E-state index contributed by atoms with van der Waals surface area (Å²) in [5.41, 5.74) is 3.63. The maximum Gasteiger partial charge on any atom is 0.260 e. The zero-order valence-corrected chi connectivity index (χ0v) is 15.7. The molecule has 1 atom stereocenters. The summed E-state index contributed by atoms with van der Waals surface area (Å²) in [6.45, 7) is 6.91. The fraction of sp³-hybridized carbons (Fsp3) is 0.333. The second kappa shape index (κ2) is 7.40. The first-order valence-corrected chi connectivity index (χ1v) is 9.30. The van der Waals surface area contributed by atoms with Gasteiger partial charge in [-0.2, -0.15) is 0 Å². The molecule has 0 aliphatic carbocycles. The van der Waals surface area contributed by atoms with E-state index in [1.165, 1.54) is 5.56 Å². The molecule has 3 heterocycles. The van der Waals surface area contributed by atoms with Gasteiger partial charge in [-0.15, -0.1) is 0 Å². The molecule has 1 N–H and O–H groups in total. The van der Waals surface area contributed by atoms with Crippen molar-refractivity contribution in [2.24, 2.45) is 0 Å². The Kier molecular flexibility index (Phi) is 4.81. The monoisotopic (exact) mass is 364 g/mol. The highest BCUT2D eigenvalue weighted by Crippen LogP contribution is 2.24. The second-order valence-electron chi connectivity index (χ2n) is 6.95. The van der Waals surface area contributed by atoms with Gasteiger partial charge in [0.05, 0.1) is 18.9 Å². The van der Waals surface area contributed by atoms with Crippen molar-refractivity contribution >= 4 is 17.2 Å². The van der Waals surface area contributed by atoms with Crippen molar-refractivity contribution < 1.29 is 4.74 Å². The predicted octanol–water partition coefficient (Wildman–Crippen LogP) is 3.01. The average molecular weight is 364 g/mol. The van der Waals surface area contributed by atoms with Gasteiger partial charge >= 0.3 is 0 Å². The largest absolute Gasteiger partial charge is 0.378 e. The molecule has 6 heteroatoms. The summed E-state index contributed by atoms with van der Waals surface area (Å²) in [4.78, 5) is 19.7. The van der Waals surface area contributed by atoms with Crippen molar-refractivity contribution in [3.63, 3.8) is 0 Å². The van der Waals surface area contributed by atoms with E-state index in [1.54, 1.807) is 10.5 Å². The maximum absolute atomic E-state index is 12.7.